The molecule has 0 radical (unpaired) electrons. The molecule has 0 unspecified atom stereocenters. The summed E-state index contributed by atoms with van der Waals surface area (Å²) >= 11 is 1.36. The Balaban J connectivity index is 1.56. The Morgan fingerprint density at radius 1 is 1.10 bits per heavy atom. The molecular weight excluding hydrogens is 400 g/mol. The number of amides is 1. The van der Waals surface area contributed by atoms with Crippen molar-refractivity contribution in [2.45, 2.75) is 6.92 Å². The molecule has 2 aromatic carbocycles. The van der Waals surface area contributed by atoms with Crippen LogP contribution in [0.15, 0.2) is 54.0 Å². The summed E-state index contributed by atoms with van der Waals surface area (Å²) in [7, 11) is 3.24. The number of nitrogens with zero attached hydrogens (tertiary/aromatic N) is 2. The fourth-order valence-electron chi connectivity index (χ4n) is 3.08. The number of benzene rings is 2. The monoisotopic (exact) mass is 420 g/mol. The molecule has 0 aliphatic carbocycles. The molecule has 2 heterocycles. The molecule has 0 atom stereocenters. The summed E-state index contributed by atoms with van der Waals surface area (Å²) in [5.41, 5.74) is 4.64. The first-order chi connectivity index (χ1) is 14.6. The maximum Gasteiger partial charge on any atom is 0.261 e. The second-order valence-corrected chi connectivity index (χ2v) is 7.44. The van der Waals surface area contributed by atoms with E-state index in [-0.39, 0.29) is 5.91 Å². The third-order valence-electron chi connectivity index (χ3n) is 4.62. The van der Waals surface area contributed by atoms with E-state index in [2.05, 4.69) is 20.5 Å². The second kappa shape index (κ2) is 8.38. The van der Waals surface area contributed by atoms with Crippen LogP contribution in [0.5, 0.6) is 11.5 Å². The fourth-order valence-corrected chi connectivity index (χ4v) is 3.78. The number of nitrogens with one attached hydrogen (secondary N) is 2. The zero-order valence-electron chi connectivity index (χ0n) is 16.7. The van der Waals surface area contributed by atoms with Crippen LogP contribution < -0.4 is 14.8 Å². The van der Waals surface area contributed by atoms with Crippen molar-refractivity contribution in [3.8, 4) is 34.0 Å². The number of thiazole rings is 1. The Kier molecular flexibility index (Phi) is 5.49. The highest BCUT2D eigenvalue weighted by atomic mass is 32.1. The predicted molar refractivity (Wildman–Crippen MR) is 117 cm³/mol. The minimum Gasteiger partial charge on any atom is -0.497 e. The lowest BCUT2D eigenvalue weighted by atomic mass is 10.1. The normalized spacial score (nSPS) is 10.6. The second-order valence-electron chi connectivity index (χ2n) is 6.58. The minimum atomic E-state index is -0.285. The van der Waals surface area contributed by atoms with Crippen LogP contribution >= 0.6 is 11.3 Å². The summed E-state index contributed by atoms with van der Waals surface area (Å²) < 4.78 is 10.6. The van der Waals surface area contributed by atoms with Crippen molar-refractivity contribution in [3.05, 3.63) is 65.2 Å². The third kappa shape index (κ3) is 3.90. The van der Waals surface area contributed by atoms with Gasteiger partial charge in [0.1, 0.15) is 11.5 Å². The number of anilines is 1. The standard InChI is InChI=1S/C22H20N4O3S/c1-13-4-9-19(29-3)16(10-13)18-12-30-22(24-18)25-21(27)17-11-23-26-20(17)14-5-7-15(28-2)8-6-14/h4-12H,1-3H3,(H,23,26)(H,24,25,27). The van der Waals surface area contributed by atoms with Gasteiger partial charge < -0.3 is 9.47 Å². The molecule has 30 heavy (non-hydrogen) atoms. The Morgan fingerprint density at radius 3 is 2.63 bits per heavy atom. The number of aromatic amines is 1. The van der Waals surface area contributed by atoms with E-state index in [0.717, 1.165) is 33.9 Å². The maximum absolute atomic E-state index is 12.9. The smallest absolute Gasteiger partial charge is 0.261 e. The molecule has 2 aromatic heterocycles. The molecule has 0 spiro atoms. The number of hydrogen-bond acceptors (Lipinski definition) is 6. The van der Waals surface area contributed by atoms with Crippen molar-refractivity contribution in [2.24, 2.45) is 0 Å². The van der Waals surface area contributed by atoms with Crippen LogP contribution in [0.4, 0.5) is 5.13 Å². The molecular formula is C22H20N4O3S. The molecule has 4 aromatic rings. The maximum atomic E-state index is 12.9. The summed E-state index contributed by atoms with van der Waals surface area (Å²) in [5.74, 6) is 1.19. The molecule has 0 bridgehead atoms. The average molecular weight is 420 g/mol. The molecule has 0 aliphatic heterocycles. The number of hydrogen-bond donors (Lipinski definition) is 2. The number of carbonyl (C=O) groups excluding carboxylic acids is 1. The number of methoxy groups -OCH3 is 2. The van der Waals surface area contributed by atoms with Gasteiger partial charge in [-0.25, -0.2) is 4.98 Å². The number of aryl methyl sites for hydroxylation is 1. The third-order valence-corrected chi connectivity index (χ3v) is 5.38. The largest absolute Gasteiger partial charge is 0.497 e. The van der Waals surface area contributed by atoms with E-state index in [4.69, 9.17) is 9.47 Å². The topological polar surface area (TPSA) is 89.1 Å². The fraction of sp³-hybridized carbons (Fsp3) is 0.136. The number of carbonyl (C=O) groups is 1. The van der Waals surface area contributed by atoms with E-state index in [1.807, 2.05) is 54.8 Å². The molecule has 4 rings (SSSR count). The molecule has 2 N–H and O–H groups in total. The van der Waals surface area contributed by atoms with Gasteiger partial charge in [0.15, 0.2) is 5.13 Å². The van der Waals surface area contributed by atoms with Crippen LogP contribution in [-0.2, 0) is 0 Å². The Hall–Kier alpha value is -3.65. The molecule has 1 amide bonds. The van der Waals surface area contributed by atoms with E-state index < -0.39 is 0 Å². The Labute approximate surface area is 177 Å². The van der Waals surface area contributed by atoms with Gasteiger partial charge in [0.05, 0.1) is 37.4 Å². The number of rotatable bonds is 6. The highest BCUT2D eigenvalue weighted by Gasteiger charge is 2.18. The zero-order valence-corrected chi connectivity index (χ0v) is 17.5. The predicted octanol–water partition coefficient (Wildman–Crippen LogP) is 4.78. The summed E-state index contributed by atoms with van der Waals surface area (Å²) in [6, 6.07) is 13.3. The molecule has 0 fully saturated rings. The van der Waals surface area contributed by atoms with Gasteiger partial charge in [0, 0.05) is 16.5 Å². The van der Waals surface area contributed by atoms with Gasteiger partial charge in [-0.2, -0.15) is 5.10 Å². The van der Waals surface area contributed by atoms with E-state index in [9.17, 15) is 4.79 Å². The molecule has 0 saturated heterocycles. The van der Waals surface area contributed by atoms with Gasteiger partial charge in [0.25, 0.3) is 5.91 Å². The highest BCUT2D eigenvalue weighted by molar-refractivity contribution is 7.14. The van der Waals surface area contributed by atoms with E-state index >= 15 is 0 Å². The van der Waals surface area contributed by atoms with Crippen molar-refractivity contribution in [1.29, 1.82) is 0 Å². The number of H-pyrrole nitrogens is 1. The van der Waals surface area contributed by atoms with Crippen molar-refractivity contribution >= 4 is 22.4 Å². The summed E-state index contributed by atoms with van der Waals surface area (Å²) in [6.45, 7) is 2.01. The van der Waals surface area contributed by atoms with Gasteiger partial charge in [-0.15, -0.1) is 11.3 Å². The Bertz CT molecular complexity index is 1180. The van der Waals surface area contributed by atoms with Crippen LogP contribution in [0.2, 0.25) is 0 Å². The van der Waals surface area contributed by atoms with Gasteiger partial charge in [0.2, 0.25) is 0 Å². The number of ether oxygens (including phenoxy) is 2. The van der Waals surface area contributed by atoms with Crippen LogP contribution in [0.1, 0.15) is 15.9 Å². The van der Waals surface area contributed by atoms with Gasteiger partial charge >= 0.3 is 0 Å². The van der Waals surface area contributed by atoms with Crippen molar-refractivity contribution in [1.82, 2.24) is 15.2 Å². The van der Waals surface area contributed by atoms with Gasteiger partial charge in [-0.3, -0.25) is 15.2 Å². The lowest BCUT2D eigenvalue weighted by Crippen LogP contribution is -2.12. The van der Waals surface area contributed by atoms with Crippen molar-refractivity contribution in [3.63, 3.8) is 0 Å². The van der Waals surface area contributed by atoms with Gasteiger partial charge in [-0.05, 0) is 43.3 Å². The summed E-state index contributed by atoms with van der Waals surface area (Å²) in [6.07, 6.45) is 1.51. The summed E-state index contributed by atoms with van der Waals surface area (Å²) in [4.78, 5) is 17.4. The van der Waals surface area contributed by atoms with Crippen LogP contribution in [-0.4, -0.2) is 35.3 Å². The number of aromatic nitrogens is 3. The van der Waals surface area contributed by atoms with Crippen LogP contribution in [0.25, 0.3) is 22.5 Å². The summed E-state index contributed by atoms with van der Waals surface area (Å²) in [5, 5.41) is 12.2. The minimum absolute atomic E-state index is 0.285. The molecule has 7 nitrogen and oxygen atoms in total. The van der Waals surface area contributed by atoms with Crippen molar-refractivity contribution in [2.75, 3.05) is 19.5 Å². The first-order valence-electron chi connectivity index (χ1n) is 9.18. The van der Waals surface area contributed by atoms with Gasteiger partial charge in [-0.1, -0.05) is 11.6 Å². The first kappa shape index (κ1) is 19.7. The van der Waals surface area contributed by atoms with Crippen LogP contribution in [0.3, 0.4) is 0 Å². The highest BCUT2D eigenvalue weighted by Crippen LogP contribution is 2.33. The first-order valence-corrected chi connectivity index (χ1v) is 10.1. The molecule has 0 aliphatic rings. The van der Waals surface area contributed by atoms with E-state index in [0.29, 0.717) is 16.4 Å². The Morgan fingerprint density at radius 2 is 1.90 bits per heavy atom. The molecule has 152 valence electrons. The van der Waals surface area contributed by atoms with E-state index in [1.54, 1.807) is 14.2 Å². The zero-order chi connectivity index (χ0) is 21.1. The lowest BCUT2D eigenvalue weighted by molar-refractivity contribution is 0.102. The van der Waals surface area contributed by atoms with E-state index in [1.165, 1.54) is 17.5 Å². The molecule has 8 heteroatoms. The average Bonchev–Trinajstić information content (AvgIpc) is 3.43. The van der Waals surface area contributed by atoms with Crippen LogP contribution in [0, 0.1) is 6.92 Å². The van der Waals surface area contributed by atoms with Crippen molar-refractivity contribution < 1.29 is 14.3 Å². The quantitative estimate of drug-likeness (QED) is 0.469. The molecule has 0 saturated carbocycles. The lowest BCUT2D eigenvalue weighted by Gasteiger charge is -2.07. The SMILES string of the molecule is COc1ccc(-c2[nH]ncc2C(=O)Nc2nc(-c3cc(C)ccc3OC)cs2)cc1.